The molecule has 3 aromatic carbocycles. The minimum atomic E-state index is -0.539. The van der Waals surface area contributed by atoms with E-state index in [2.05, 4.69) is 13.2 Å². The number of esters is 4. The maximum absolute atomic E-state index is 12.6. The number of rotatable bonds is 12. The minimum absolute atomic E-state index is 0.213. The first-order valence-electron chi connectivity index (χ1n) is 12.1. The lowest BCUT2D eigenvalue weighted by molar-refractivity contribution is -0.138. The molecule has 0 bridgehead atoms. The van der Waals surface area contributed by atoms with Crippen molar-refractivity contribution in [1.29, 1.82) is 0 Å². The summed E-state index contributed by atoms with van der Waals surface area (Å²) in [6.45, 7) is 8.85. The van der Waals surface area contributed by atoms with Crippen LogP contribution in [0.1, 0.15) is 37.4 Å². The summed E-state index contributed by atoms with van der Waals surface area (Å²) in [6.07, 6.45) is 3.22. The van der Waals surface area contributed by atoms with Gasteiger partial charge in [0.2, 0.25) is 0 Å². The summed E-state index contributed by atoms with van der Waals surface area (Å²) >= 11 is 0. The SMILES string of the molecule is C=CC(=O)OCCc1ccc(C(=O)Oc2ccc(OC(=O)c3ccc(CCOC(=O)C=C)cc3)c(C)c2)cc1. The van der Waals surface area contributed by atoms with Gasteiger partial charge >= 0.3 is 23.9 Å². The molecule has 0 aliphatic rings. The Labute approximate surface area is 226 Å². The van der Waals surface area contributed by atoms with Crippen molar-refractivity contribution in [1.82, 2.24) is 0 Å². The fourth-order valence-electron chi connectivity index (χ4n) is 3.40. The molecule has 0 unspecified atom stereocenters. The second-order valence-electron chi connectivity index (χ2n) is 8.34. The average Bonchev–Trinajstić information content (AvgIpc) is 2.94. The van der Waals surface area contributed by atoms with Gasteiger partial charge in [0.1, 0.15) is 11.5 Å². The number of hydrogen-bond acceptors (Lipinski definition) is 8. The Balaban J connectivity index is 1.53. The van der Waals surface area contributed by atoms with Crippen molar-refractivity contribution in [3.63, 3.8) is 0 Å². The van der Waals surface area contributed by atoms with Crippen LogP contribution in [0.2, 0.25) is 0 Å². The van der Waals surface area contributed by atoms with Crippen LogP contribution in [-0.2, 0) is 31.9 Å². The molecule has 0 saturated carbocycles. The smallest absolute Gasteiger partial charge is 0.343 e. The second-order valence-corrected chi connectivity index (χ2v) is 8.34. The van der Waals surface area contributed by atoms with E-state index in [1.807, 2.05) is 0 Å². The van der Waals surface area contributed by atoms with Crippen molar-refractivity contribution in [2.45, 2.75) is 19.8 Å². The van der Waals surface area contributed by atoms with E-state index >= 15 is 0 Å². The van der Waals surface area contributed by atoms with Gasteiger partial charge in [-0.3, -0.25) is 0 Å². The van der Waals surface area contributed by atoms with Crippen LogP contribution >= 0.6 is 0 Å². The highest BCUT2D eigenvalue weighted by Gasteiger charge is 2.14. The molecule has 3 aromatic rings. The molecule has 0 aliphatic heterocycles. The molecule has 0 amide bonds. The summed E-state index contributed by atoms with van der Waals surface area (Å²) in [5.41, 5.74) is 3.12. The highest BCUT2D eigenvalue weighted by molar-refractivity contribution is 5.92. The number of ether oxygens (including phenoxy) is 4. The Kier molecular flexibility index (Phi) is 10.3. The Morgan fingerprint density at radius 3 is 1.56 bits per heavy atom. The van der Waals surface area contributed by atoms with Gasteiger partial charge in [-0.05, 0) is 66.1 Å². The number of aryl methyl sites for hydroxylation is 1. The zero-order chi connectivity index (χ0) is 28.2. The predicted molar refractivity (Wildman–Crippen MR) is 144 cm³/mol. The molecule has 0 spiro atoms. The molecule has 0 fully saturated rings. The lowest BCUT2D eigenvalue weighted by Crippen LogP contribution is -2.11. The summed E-state index contributed by atoms with van der Waals surface area (Å²) in [6, 6.07) is 18.3. The molecule has 200 valence electrons. The minimum Gasteiger partial charge on any atom is -0.462 e. The fourth-order valence-corrected chi connectivity index (χ4v) is 3.40. The van der Waals surface area contributed by atoms with E-state index in [-0.39, 0.29) is 13.2 Å². The summed E-state index contributed by atoms with van der Waals surface area (Å²) < 4.78 is 20.9. The van der Waals surface area contributed by atoms with Gasteiger partial charge in [0.05, 0.1) is 24.3 Å². The average molecular weight is 529 g/mol. The first-order valence-corrected chi connectivity index (χ1v) is 12.1. The normalized spacial score (nSPS) is 10.2. The zero-order valence-corrected chi connectivity index (χ0v) is 21.5. The van der Waals surface area contributed by atoms with Gasteiger partial charge in [-0.1, -0.05) is 37.4 Å². The largest absolute Gasteiger partial charge is 0.462 e. The van der Waals surface area contributed by atoms with E-state index in [4.69, 9.17) is 18.9 Å². The Hall–Kier alpha value is -4.98. The van der Waals surface area contributed by atoms with Crippen LogP contribution in [0.25, 0.3) is 0 Å². The maximum Gasteiger partial charge on any atom is 0.343 e. The molecule has 0 saturated heterocycles. The number of benzene rings is 3. The molecule has 0 N–H and O–H groups in total. The van der Waals surface area contributed by atoms with Crippen LogP contribution in [-0.4, -0.2) is 37.1 Å². The van der Waals surface area contributed by atoms with Gasteiger partial charge in [-0.25, -0.2) is 19.2 Å². The summed E-state index contributed by atoms with van der Waals surface area (Å²) in [4.78, 5) is 47.4. The van der Waals surface area contributed by atoms with Gasteiger partial charge in [0.15, 0.2) is 0 Å². The Bertz CT molecular complexity index is 1350. The van der Waals surface area contributed by atoms with Crippen molar-refractivity contribution < 1.29 is 38.1 Å². The highest BCUT2D eigenvalue weighted by Crippen LogP contribution is 2.25. The first-order chi connectivity index (χ1) is 18.8. The maximum atomic E-state index is 12.6. The summed E-state index contributed by atoms with van der Waals surface area (Å²) in [5.74, 6) is -1.40. The third-order valence-corrected chi connectivity index (χ3v) is 5.54. The van der Waals surface area contributed by atoms with Crippen LogP contribution < -0.4 is 9.47 Å². The fraction of sp³-hybridized carbons (Fsp3) is 0.161. The molecule has 39 heavy (non-hydrogen) atoms. The molecule has 8 nitrogen and oxygen atoms in total. The van der Waals surface area contributed by atoms with Crippen LogP contribution in [0.5, 0.6) is 11.5 Å². The molecule has 0 aliphatic carbocycles. The monoisotopic (exact) mass is 528 g/mol. The first kappa shape index (κ1) is 28.6. The van der Waals surface area contributed by atoms with Crippen molar-refractivity contribution in [2.24, 2.45) is 0 Å². The topological polar surface area (TPSA) is 105 Å². The van der Waals surface area contributed by atoms with E-state index in [0.717, 1.165) is 23.3 Å². The highest BCUT2D eigenvalue weighted by atomic mass is 16.5. The molecule has 8 heteroatoms. The van der Waals surface area contributed by atoms with Gasteiger partial charge in [-0.2, -0.15) is 0 Å². The Morgan fingerprint density at radius 1 is 0.667 bits per heavy atom. The van der Waals surface area contributed by atoms with E-state index in [9.17, 15) is 19.2 Å². The molecule has 0 atom stereocenters. The standard InChI is InChI=1S/C31H28O8/c1-4-28(32)36-18-16-22-6-10-24(11-7-22)30(34)38-26-14-15-27(21(3)20-26)39-31(35)25-12-8-23(9-13-25)17-19-37-29(33)5-2/h4-15,20H,1-2,16-19H2,3H3. The number of hydrogen-bond donors (Lipinski definition) is 0. The predicted octanol–water partition coefficient (Wildman–Crippen LogP) is 4.98. The van der Waals surface area contributed by atoms with Crippen LogP contribution in [0.15, 0.2) is 92.0 Å². The molecular formula is C31H28O8. The molecular weight excluding hydrogens is 500 g/mol. The van der Waals surface area contributed by atoms with E-state index in [1.54, 1.807) is 73.7 Å². The van der Waals surface area contributed by atoms with E-state index < -0.39 is 23.9 Å². The number of carbonyl (C=O) groups is 4. The third-order valence-electron chi connectivity index (χ3n) is 5.54. The van der Waals surface area contributed by atoms with Gasteiger partial charge in [0, 0.05) is 25.0 Å². The molecule has 0 radical (unpaired) electrons. The Morgan fingerprint density at radius 2 is 1.13 bits per heavy atom. The van der Waals surface area contributed by atoms with Crippen LogP contribution in [0.3, 0.4) is 0 Å². The van der Waals surface area contributed by atoms with E-state index in [0.29, 0.717) is 41.0 Å². The van der Waals surface area contributed by atoms with Gasteiger partial charge in [0.25, 0.3) is 0 Å². The lowest BCUT2D eigenvalue weighted by Gasteiger charge is -2.10. The number of carbonyl (C=O) groups excluding carboxylic acids is 4. The molecule has 3 rings (SSSR count). The third kappa shape index (κ3) is 8.82. The second kappa shape index (κ2) is 14.1. The summed E-state index contributed by atoms with van der Waals surface area (Å²) in [5, 5.41) is 0. The van der Waals surface area contributed by atoms with Crippen molar-refractivity contribution in [3.8, 4) is 11.5 Å². The van der Waals surface area contributed by atoms with Crippen molar-refractivity contribution in [3.05, 3.63) is 120 Å². The summed E-state index contributed by atoms with van der Waals surface area (Å²) in [7, 11) is 0. The van der Waals surface area contributed by atoms with E-state index in [1.165, 1.54) is 0 Å². The van der Waals surface area contributed by atoms with Gasteiger partial charge < -0.3 is 18.9 Å². The van der Waals surface area contributed by atoms with Crippen LogP contribution in [0, 0.1) is 6.92 Å². The van der Waals surface area contributed by atoms with Crippen LogP contribution in [0.4, 0.5) is 0 Å². The molecule has 0 heterocycles. The zero-order valence-electron chi connectivity index (χ0n) is 21.5. The van der Waals surface area contributed by atoms with Crippen molar-refractivity contribution in [2.75, 3.05) is 13.2 Å². The molecule has 0 aromatic heterocycles. The quantitative estimate of drug-likeness (QED) is 0.184. The lowest BCUT2D eigenvalue weighted by atomic mass is 10.1. The van der Waals surface area contributed by atoms with Gasteiger partial charge in [-0.15, -0.1) is 0 Å². The van der Waals surface area contributed by atoms with Crippen molar-refractivity contribution >= 4 is 23.9 Å².